The Balaban J connectivity index is 2.19. The van der Waals surface area contributed by atoms with Crippen molar-refractivity contribution in [3.8, 4) is 5.75 Å². The van der Waals surface area contributed by atoms with Crippen LogP contribution in [0.4, 0.5) is 17.6 Å². The third-order valence-corrected chi connectivity index (χ3v) is 4.36. The summed E-state index contributed by atoms with van der Waals surface area (Å²) >= 11 is 0. The molecule has 1 N–H and O–H groups in total. The van der Waals surface area contributed by atoms with Gasteiger partial charge >= 0.3 is 12.5 Å². The summed E-state index contributed by atoms with van der Waals surface area (Å²) in [6, 6.07) is 6.24. The Morgan fingerprint density at radius 1 is 1.16 bits per heavy atom. The van der Waals surface area contributed by atoms with Gasteiger partial charge in [-0.3, -0.25) is 4.90 Å². The summed E-state index contributed by atoms with van der Waals surface area (Å²) < 4.78 is 55.4. The number of nitrogens with one attached hydrogen (secondary N) is 1. The van der Waals surface area contributed by atoms with Gasteiger partial charge in [-0.15, -0.1) is 0 Å². The Morgan fingerprint density at radius 3 is 2.44 bits per heavy atom. The SMILES string of the molecule is CC(C)CC[C@@H](c1cccc(OC(F)(F)C(F)F)c1)N1CCNCC1. The first-order valence-electron chi connectivity index (χ1n) is 8.69. The van der Waals surface area contributed by atoms with Crippen LogP contribution in [0.1, 0.15) is 38.3 Å². The molecule has 7 heteroatoms. The minimum Gasteiger partial charge on any atom is -0.428 e. The number of nitrogens with zero attached hydrogens (tertiary/aromatic N) is 1. The molecule has 1 saturated heterocycles. The van der Waals surface area contributed by atoms with E-state index in [0.29, 0.717) is 5.92 Å². The van der Waals surface area contributed by atoms with Crippen LogP contribution >= 0.6 is 0 Å². The van der Waals surface area contributed by atoms with E-state index in [1.807, 2.05) is 6.07 Å². The average Bonchev–Trinajstić information content (AvgIpc) is 2.55. The molecular weight excluding hydrogens is 336 g/mol. The lowest BCUT2D eigenvalue weighted by Gasteiger charge is -2.36. The molecule has 0 saturated carbocycles. The van der Waals surface area contributed by atoms with Crippen LogP contribution in [0, 0.1) is 5.92 Å². The first-order valence-corrected chi connectivity index (χ1v) is 8.69. The van der Waals surface area contributed by atoms with E-state index in [9.17, 15) is 17.6 Å². The minimum atomic E-state index is -4.49. The summed E-state index contributed by atoms with van der Waals surface area (Å²) in [4.78, 5) is 2.31. The molecule has 1 aromatic rings. The maximum absolute atomic E-state index is 13.2. The Kier molecular flexibility index (Phi) is 7.07. The van der Waals surface area contributed by atoms with Crippen molar-refractivity contribution >= 4 is 0 Å². The number of rotatable bonds is 8. The van der Waals surface area contributed by atoms with Gasteiger partial charge in [0.1, 0.15) is 5.75 Å². The van der Waals surface area contributed by atoms with Gasteiger partial charge in [-0.1, -0.05) is 26.0 Å². The lowest BCUT2D eigenvalue weighted by Crippen LogP contribution is -2.45. The van der Waals surface area contributed by atoms with Crippen molar-refractivity contribution in [1.29, 1.82) is 0 Å². The van der Waals surface area contributed by atoms with Crippen LogP contribution in [0.25, 0.3) is 0 Å². The van der Waals surface area contributed by atoms with Crippen molar-refractivity contribution in [3.63, 3.8) is 0 Å². The van der Waals surface area contributed by atoms with Gasteiger partial charge in [-0.05, 0) is 36.5 Å². The second-order valence-corrected chi connectivity index (χ2v) is 6.81. The van der Waals surface area contributed by atoms with E-state index >= 15 is 0 Å². The van der Waals surface area contributed by atoms with E-state index in [4.69, 9.17) is 0 Å². The second kappa shape index (κ2) is 8.85. The number of piperazine rings is 1. The second-order valence-electron chi connectivity index (χ2n) is 6.81. The van der Waals surface area contributed by atoms with E-state index in [-0.39, 0.29) is 11.8 Å². The Hall–Kier alpha value is -1.34. The largest absolute Gasteiger partial charge is 0.461 e. The van der Waals surface area contributed by atoms with Gasteiger partial charge in [-0.2, -0.15) is 17.6 Å². The number of hydrogen-bond acceptors (Lipinski definition) is 3. The third kappa shape index (κ3) is 5.85. The molecule has 0 spiro atoms. The molecule has 1 aromatic carbocycles. The summed E-state index contributed by atoms with van der Waals surface area (Å²) in [6.45, 7) is 7.74. The molecule has 0 aromatic heterocycles. The Labute approximate surface area is 146 Å². The van der Waals surface area contributed by atoms with Gasteiger partial charge in [0, 0.05) is 32.2 Å². The zero-order valence-corrected chi connectivity index (χ0v) is 14.7. The monoisotopic (exact) mass is 362 g/mol. The number of benzene rings is 1. The first-order chi connectivity index (χ1) is 11.8. The van der Waals surface area contributed by atoms with Crippen molar-refractivity contribution in [2.24, 2.45) is 5.92 Å². The summed E-state index contributed by atoms with van der Waals surface area (Å²) in [6.07, 6.45) is -6.47. The van der Waals surface area contributed by atoms with Crippen LogP contribution in [0.3, 0.4) is 0 Å². The molecule has 0 unspecified atom stereocenters. The molecule has 25 heavy (non-hydrogen) atoms. The smallest absolute Gasteiger partial charge is 0.428 e. The van der Waals surface area contributed by atoms with Crippen LogP contribution in [0.5, 0.6) is 5.75 Å². The number of alkyl halides is 4. The van der Waals surface area contributed by atoms with E-state index in [1.54, 1.807) is 6.07 Å². The minimum absolute atomic E-state index is 0.0632. The lowest BCUT2D eigenvalue weighted by molar-refractivity contribution is -0.253. The van der Waals surface area contributed by atoms with Crippen LogP contribution in [0.2, 0.25) is 0 Å². The molecule has 2 rings (SSSR count). The summed E-state index contributed by atoms with van der Waals surface area (Å²) in [5.74, 6) is 0.292. The van der Waals surface area contributed by atoms with Crippen LogP contribution < -0.4 is 10.1 Å². The zero-order valence-electron chi connectivity index (χ0n) is 14.7. The van der Waals surface area contributed by atoms with E-state index < -0.39 is 12.5 Å². The summed E-state index contributed by atoms with van der Waals surface area (Å²) in [5, 5.41) is 3.29. The van der Waals surface area contributed by atoms with E-state index in [2.05, 4.69) is 28.8 Å². The molecule has 0 radical (unpaired) electrons. The van der Waals surface area contributed by atoms with Crippen molar-refractivity contribution in [2.75, 3.05) is 26.2 Å². The highest BCUT2D eigenvalue weighted by molar-refractivity contribution is 5.31. The predicted octanol–water partition coefficient (Wildman–Crippen LogP) is 4.31. The molecule has 1 atom stereocenters. The Morgan fingerprint density at radius 2 is 1.84 bits per heavy atom. The Bertz CT molecular complexity index is 534. The van der Waals surface area contributed by atoms with E-state index in [1.165, 1.54) is 12.1 Å². The fourth-order valence-electron chi connectivity index (χ4n) is 3.03. The zero-order chi connectivity index (χ0) is 18.4. The third-order valence-electron chi connectivity index (χ3n) is 4.36. The molecular formula is C18H26F4N2O. The molecule has 0 amide bonds. The lowest BCUT2D eigenvalue weighted by atomic mass is 9.95. The fourth-order valence-corrected chi connectivity index (χ4v) is 3.03. The van der Waals surface area contributed by atoms with Gasteiger partial charge in [0.15, 0.2) is 0 Å². The summed E-state index contributed by atoms with van der Waals surface area (Å²) in [7, 11) is 0. The van der Waals surface area contributed by atoms with Gasteiger partial charge in [0.05, 0.1) is 0 Å². The molecule has 142 valence electrons. The highest BCUT2D eigenvalue weighted by Crippen LogP contribution is 2.32. The van der Waals surface area contributed by atoms with Crippen LogP contribution in [-0.2, 0) is 0 Å². The number of ether oxygens (including phenoxy) is 1. The molecule has 1 fully saturated rings. The van der Waals surface area contributed by atoms with Gasteiger partial charge in [-0.25, -0.2) is 0 Å². The normalized spacial score (nSPS) is 17.9. The topological polar surface area (TPSA) is 24.5 Å². The molecule has 0 bridgehead atoms. The highest BCUT2D eigenvalue weighted by Gasteiger charge is 2.44. The van der Waals surface area contributed by atoms with Crippen molar-refractivity contribution in [3.05, 3.63) is 29.8 Å². The number of halogens is 4. The van der Waals surface area contributed by atoms with Crippen molar-refractivity contribution in [2.45, 2.75) is 45.3 Å². The van der Waals surface area contributed by atoms with Gasteiger partial charge < -0.3 is 10.1 Å². The highest BCUT2D eigenvalue weighted by atomic mass is 19.3. The van der Waals surface area contributed by atoms with Crippen molar-refractivity contribution in [1.82, 2.24) is 10.2 Å². The van der Waals surface area contributed by atoms with Crippen LogP contribution in [-0.4, -0.2) is 43.6 Å². The van der Waals surface area contributed by atoms with E-state index in [0.717, 1.165) is 44.6 Å². The maximum atomic E-state index is 13.2. The van der Waals surface area contributed by atoms with Crippen LogP contribution in [0.15, 0.2) is 24.3 Å². The molecule has 1 aliphatic rings. The van der Waals surface area contributed by atoms with Gasteiger partial charge in [0.25, 0.3) is 0 Å². The molecule has 0 aliphatic carbocycles. The number of hydrogen-bond donors (Lipinski definition) is 1. The van der Waals surface area contributed by atoms with Gasteiger partial charge in [0.2, 0.25) is 0 Å². The molecule has 3 nitrogen and oxygen atoms in total. The standard InChI is InChI=1S/C18H26F4N2O/c1-13(2)6-7-16(24-10-8-23-9-11-24)14-4-3-5-15(12-14)25-18(21,22)17(19)20/h3-5,12-13,16-17,23H,6-11H2,1-2H3/t16-/m0/s1. The quantitative estimate of drug-likeness (QED) is 0.698. The fraction of sp³-hybridized carbons (Fsp3) is 0.667. The predicted molar refractivity (Wildman–Crippen MR) is 89.3 cm³/mol. The average molecular weight is 362 g/mol. The summed E-state index contributed by atoms with van der Waals surface area (Å²) in [5.41, 5.74) is 0.824. The van der Waals surface area contributed by atoms with Crippen molar-refractivity contribution < 1.29 is 22.3 Å². The molecule has 1 aliphatic heterocycles. The first kappa shape index (κ1) is 20.0. The molecule has 1 heterocycles. The maximum Gasteiger partial charge on any atom is 0.461 e.